The highest BCUT2D eigenvalue weighted by atomic mass is 35.5. The highest BCUT2D eigenvalue weighted by Crippen LogP contribution is 2.41. The molecule has 0 aromatic heterocycles. The maximum atomic E-state index is 6.57. The Labute approximate surface area is 167 Å². The molecule has 2 aliphatic heterocycles. The lowest BCUT2D eigenvalue weighted by molar-refractivity contribution is -0.000399. The van der Waals surface area contributed by atoms with E-state index in [9.17, 15) is 0 Å². The van der Waals surface area contributed by atoms with Gasteiger partial charge in [0.1, 0.15) is 0 Å². The van der Waals surface area contributed by atoms with Gasteiger partial charge in [-0.2, -0.15) is 0 Å². The zero-order chi connectivity index (χ0) is 18.6. The van der Waals surface area contributed by atoms with Crippen molar-refractivity contribution in [2.75, 3.05) is 53.0 Å². The minimum absolute atomic E-state index is 0.242. The highest BCUT2D eigenvalue weighted by molar-refractivity contribution is 6.32. The molecule has 1 saturated carbocycles. The number of nitrogens with zero attached hydrogens (tertiary/aromatic N) is 2. The van der Waals surface area contributed by atoms with E-state index in [4.69, 9.17) is 25.8 Å². The molecule has 1 aromatic rings. The first-order chi connectivity index (χ1) is 13.2. The minimum atomic E-state index is 0.242. The molecule has 4 rings (SSSR count). The monoisotopic (exact) mass is 394 g/mol. The molecule has 5 nitrogen and oxygen atoms in total. The van der Waals surface area contributed by atoms with E-state index >= 15 is 0 Å². The molecular formula is C21H31ClN2O3. The summed E-state index contributed by atoms with van der Waals surface area (Å²) in [5.41, 5.74) is 1.20. The van der Waals surface area contributed by atoms with Gasteiger partial charge in [0.25, 0.3) is 0 Å². The molecule has 3 aliphatic rings. The van der Waals surface area contributed by atoms with Gasteiger partial charge >= 0.3 is 0 Å². The lowest BCUT2D eigenvalue weighted by atomic mass is 9.81. The second-order valence-electron chi connectivity index (χ2n) is 8.08. The van der Waals surface area contributed by atoms with Crippen molar-refractivity contribution in [1.29, 1.82) is 0 Å². The van der Waals surface area contributed by atoms with Crippen LogP contribution in [0.5, 0.6) is 11.5 Å². The molecule has 0 bridgehead atoms. The Balaban J connectivity index is 1.32. The first-order valence-electron chi connectivity index (χ1n) is 10.3. The third kappa shape index (κ3) is 4.89. The van der Waals surface area contributed by atoms with Crippen LogP contribution in [0.2, 0.25) is 5.02 Å². The molecule has 0 unspecified atom stereocenters. The van der Waals surface area contributed by atoms with Crippen LogP contribution in [0.4, 0.5) is 0 Å². The summed E-state index contributed by atoms with van der Waals surface area (Å²) in [5, 5.41) is 0.667. The molecule has 1 aromatic carbocycles. The van der Waals surface area contributed by atoms with Crippen LogP contribution in [0.3, 0.4) is 0 Å². The van der Waals surface area contributed by atoms with E-state index < -0.39 is 0 Å². The van der Waals surface area contributed by atoms with Crippen LogP contribution >= 0.6 is 11.6 Å². The molecule has 1 aliphatic carbocycles. The van der Waals surface area contributed by atoms with E-state index in [1.165, 1.54) is 31.5 Å². The molecule has 3 fully saturated rings. The summed E-state index contributed by atoms with van der Waals surface area (Å²) in [4.78, 5) is 4.97. The molecule has 27 heavy (non-hydrogen) atoms. The van der Waals surface area contributed by atoms with Gasteiger partial charge in [-0.3, -0.25) is 9.80 Å². The Morgan fingerprint density at radius 3 is 2.52 bits per heavy atom. The van der Waals surface area contributed by atoms with Crippen molar-refractivity contribution in [2.45, 2.75) is 38.3 Å². The Morgan fingerprint density at radius 2 is 1.81 bits per heavy atom. The van der Waals surface area contributed by atoms with Crippen LogP contribution in [0.1, 0.15) is 31.2 Å². The van der Waals surface area contributed by atoms with Crippen molar-refractivity contribution in [2.24, 2.45) is 5.92 Å². The van der Waals surface area contributed by atoms with Gasteiger partial charge < -0.3 is 14.2 Å². The number of likely N-dealkylation sites (tertiary alicyclic amines) is 1. The van der Waals surface area contributed by atoms with Gasteiger partial charge in [-0.05, 0) is 62.4 Å². The van der Waals surface area contributed by atoms with Gasteiger partial charge in [-0.15, -0.1) is 0 Å². The standard InChI is InChI=1S/C21H31ClN2O3/c1-25-20-13-17(15-23-4-2-3-5-23)12-19(22)21(20)27-18-10-16(11-18)14-24-6-8-26-9-7-24/h12-13,16,18H,2-11,14-15H2,1H3. The lowest BCUT2D eigenvalue weighted by Crippen LogP contribution is -2.45. The molecule has 150 valence electrons. The van der Waals surface area contributed by atoms with E-state index in [-0.39, 0.29) is 6.10 Å². The van der Waals surface area contributed by atoms with Crippen molar-refractivity contribution in [3.05, 3.63) is 22.7 Å². The molecule has 6 heteroatoms. The van der Waals surface area contributed by atoms with Gasteiger partial charge in [0, 0.05) is 26.2 Å². The Kier molecular flexibility index (Phi) is 6.43. The smallest absolute Gasteiger partial charge is 0.180 e. The minimum Gasteiger partial charge on any atom is -0.493 e. The zero-order valence-corrected chi connectivity index (χ0v) is 17.0. The quantitative estimate of drug-likeness (QED) is 0.707. The second kappa shape index (κ2) is 8.99. The summed E-state index contributed by atoms with van der Waals surface area (Å²) >= 11 is 6.57. The van der Waals surface area contributed by atoms with Crippen LogP contribution in [0.15, 0.2) is 12.1 Å². The van der Waals surface area contributed by atoms with Gasteiger partial charge in [-0.1, -0.05) is 11.6 Å². The molecule has 0 radical (unpaired) electrons. The zero-order valence-electron chi connectivity index (χ0n) is 16.3. The van der Waals surface area contributed by atoms with Crippen molar-refractivity contribution in [3.63, 3.8) is 0 Å². The van der Waals surface area contributed by atoms with Crippen LogP contribution in [-0.4, -0.2) is 69.0 Å². The number of methoxy groups -OCH3 is 1. The van der Waals surface area contributed by atoms with E-state index in [2.05, 4.69) is 15.9 Å². The SMILES string of the molecule is COc1cc(CN2CCCC2)cc(Cl)c1OC1CC(CN2CCOCC2)C1. The van der Waals surface area contributed by atoms with Gasteiger partial charge in [0.2, 0.25) is 0 Å². The Hall–Kier alpha value is -1.01. The highest BCUT2D eigenvalue weighted by Gasteiger charge is 2.33. The number of benzene rings is 1. The predicted molar refractivity (Wildman–Crippen MR) is 107 cm³/mol. The number of rotatable bonds is 7. The maximum Gasteiger partial charge on any atom is 0.180 e. The lowest BCUT2D eigenvalue weighted by Gasteiger charge is -2.39. The molecular weight excluding hydrogens is 364 g/mol. The van der Waals surface area contributed by atoms with E-state index in [1.807, 2.05) is 6.07 Å². The number of hydrogen-bond donors (Lipinski definition) is 0. The maximum absolute atomic E-state index is 6.57. The average molecular weight is 395 g/mol. The van der Waals surface area contributed by atoms with Crippen LogP contribution < -0.4 is 9.47 Å². The number of morpholine rings is 1. The summed E-state index contributed by atoms with van der Waals surface area (Å²) in [6.45, 7) is 8.27. The van der Waals surface area contributed by atoms with E-state index in [0.29, 0.717) is 16.7 Å². The molecule has 0 spiro atoms. The fraction of sp³-hybridized carbons (Fsp3) is 0.714. The van der Waals surface area contributed by atoms with E-state index in [1.54, 1.807) is 7.11 Å². The molecule has 0 amide bonds. The summed E-state index contributed by atoms with van der Waals surface area (Å²) in [6.07, 6.45) is 5.00. The number of halogens is 1. The van der Waals surface area contributed by atoms with Crippen molar-refractivity contribution in [3.8, 4) is 11.5 Å². The Morgan fingerprint density at radius 1 is 1.07 bits per heavy atom. The fourth-order valence-corrected chi connectivity index (χ4v) is 4.69. The summed E-state index contributed by atoms with van der Waals surface area (Å²) in [5.74, 6) is 2.18. The number of ether oxygens (including phenoxy) is 3. The number of hydrogen-bond acceptors (Lipinski definition) is 5. The average Bonchev–Trinajstić information content (AvgIpc) is 3.15. The first kappa shape index (κ1) is 19.3. The molecule has 0 atom stereocenters. The van der Waals surface area contributed by atoms with Crippen molar-refractivity contribution in [1.82, 2.24) is 9.80 Å². The van der Waals surface area contributed by atoms with Gasteiger partial charge in [-0.25, -0.2) is 0 Å². The first-order valence-corrected chi connectivity index (χ1v) is 10.6. The molecule has 2 saturated heterocycles. The van der Waals surface area contributed by atoms with Gasteiger partial charge in [0.05, 0.1) is 31.5 Å². The molecule has 2 heterocycles. The van der Waals surface area contributed by atoms with Crippen LogP contribution in [0.25, 0.3) is 0 Å². The molecule has 0 N–H and O–H groups in total. The van der Waals surface area contributed by atoms with E-state index in [0.717, 1.165) is 58.0 Å². The normalized spacial score (nSPS) is 26.7. The summed E-state index contributed by atoms with van der Waals surface area (Å²) in [7, 11) is 1.69. The Bertz CT molecular complexity index is 624. The summed E-state index contributed by atoms with van der Waals surface area (Å²) in [6, 6.07) is 4.13. The second-order valence-corrected chi connectivity index (χ2v) is 8.49. The van der Waals surface area contributed by atoms with Crippen LogP contribution in [-0.2, 0) is 11.3 Å². The largest absolute Gasteiger partial charge is 0.493 e. The third-order valence-corrected chi connectivity index (χ3v) is 6.27. The fourth-order valence-electron chi connectivity index (χ4n) is 4.41. The third-order valence-electron chi connectivity index (χ3n) is 5.99. The van der Waals surface area contributed by atoms with Crippen molar-refractivity contribution < 1.29 is 14.2 Å². The predicted octanol–water partition coefficient (Wildman–Crippen LogP) is 3.43. The van der Waals surface area contributed by atoms with Crippen LogP contribution in [0, 0.1) is 5.92 Å². The topological polar surface area (TPSA) is 34.2 Å². The summed E-state index contributed by atoms with van der Waals surface area (Å²) < 4.78 is 17.3. The van der Waals surface area contributed by atoms with Gasteiger partial charge in [0.15, 0.2) is 11.5 Å². The van der Waals surface area contributed by atoms with Crippen molar-refractivity contribution >= 4 is 11.6 Å².